The topological polar surface area (TPSA) is 34.8 Å². The largest absolute Gasteiger partial charge is 0.438 e. The van der Waals surface area contributed by atoms with Crippen molar-refractivity contribution in [1.82, 2.24) is 8.97 Å². The van der Waals surface area contributed by atoms with Crippen LogP contribution >= 0.6 is 0 Å². The number of hydrogen-bond donors (Lipinski definition) is 0. The van der Waals surface area contributed by atoms with Crippen LogP contribution in [-0.4, -0.2) is 14.8 Å². The summed E-state index contributed by atoms with van der Waals surface area (Å²) in [6, 6.07) is 47.5. The van der Waals surface area contributed by atoms with E-state index < -0.39 is 0 Å². The summed E-state index contributed by atoms with van der Waals surface area (Å²) in [5.74, 6) is 1.40. The fourth-order valence-corrected chi connectivity index (χ4v) is 8.38. The predicted octanol–water partition coefficient (Wildman–Crippen LogP) is 11.9. The minimum Gasteiger partial charge on any atom is -0.438 e. The first kappa shape index (κ1) is 25.8. The summed E-state index contributed by atoms with van der Waals surface area (Å²) in [7, 11) is 0. The Bertz CT molecular complexity index is 3130. The standard InChI is InChI=1S/C44H27N3O/c1-25(27-11-4-3-5-12-27)38-32-15-7-9-18-37(32)48-44(38)45-26(2)46-35-23-20-28-13-10-17-34-39(28)41(35)42-36(46)24-21-29-19-22-31-30-14-6-8-16-33(30)47(34)43(31)40(29)42/h3-24H,1H2,2H3. The number of aromatic nitrogens is 2. The summed E-state index contributed by atoms with van der Waals surface area (Å²) in [6.07, 6.45) is 0. The zero-order valence-electron chi connectivity index (χ0n) is 26.2. The molecular formula is C44H27N3O. The molecule has 0 saturated heterocycles. The Labute approximate surface area is 274 Å². The van der Waals surface area contributed by atoms with Crippen LogP contribution in [0.5, 0.6) is 0 Å². The molecule has 4 nitrogen and oxygen atoms in total. The van der Waals surface area contributed by atoms with Gasteiger partial charge in [-0.2, -0.15) is 4.99 Å². The average Bonchev–Trinajstić information content (AvgIpc) is 3.75. The molecule has 0 bridgehead atoms. The molecule has 11 rings (SSSR count). The molecule has 0 aliphatic heterocycles. The van der Waals surface area contributed by atoms with Gasteiger partial charge in [-0.25, -0.2) is 0 Å². The molecule has 4 aromatic heterocycles. The molecule has 0 unspecified atom stereocenters. The van der Waals surface area contributed by atoms with Gasteiger partial charge in [0, 0.05) is 37.7 Å². The van der Waals surface area contributed by atoms with Crippen molar-refractivity contribution in [2.24, 2.45) is 4.99 Å². The Morgan fingerprint density at radius 1 is 0.562 bits per heavy atom. The van der Waals surface area contributed by atoms with Gasteiger partial charge in [-0.3, -0.25) is 4.57 Å². The Morgan fingerprint density at radius 3 is 2.06 bits per heavy atom. The molecule has 7 aromatic carbocycles. The molecule has 0 aliphatic rings. The maximum atomic E-state index is 6.51. The molecular weight excluding hydrogens is 587 g/mol. The van der Waals surface area contributed by atoms with Gasteiger partial charge in [-0.05, 0) is 59.2 Å². The van der Waals surface area contributed by atoms with E-state index in [1.807, 2.05) is 36.4 Å². The molecule has 0 N–H and O–H groups in total. The van der Waals surface area contributed by atoms with Crippen LogP contribution in [0.2, 0.25) is 0 Å². The summed E-state index contributed by atoms with van der Waals surface area (Å²) < 4.78 is 11.3. The van der Waals surface area contributed by atoms with E-state index in [1.165, 1.54) is 59.6 Å². The molecule has 0 fully saturated rings. The number of para-hydroxylation sites is 2. The summed E-state index contributed by atoms with van der Waals surface area (Å²) in [6.45, 7) is 6.62. The van der Waals surface area contributed by atoms with Crippen LogP contribution in [0.3, 0.4) is 0 Å². The van der Waals surface area contributed by atoms with E-state index in [0.29, 0.717) is 5.88 Å². The lowest BCUT2D eigenvalue weighted by atomic mass is 9.98. The Kier molecular flexibility index (Phi) is 4.89. The summed E-state index contributed by atoms with van der Waals surface area (Å²) >= 11 is 0. The Balaban J connectivity index is 1.29. The Hall–Kier alpha value is -6.39. The van der Waals surface area contributed by atoms with E-state index in [-0.39, 0.29) is 0 Å². The maximum Gasteiger partial charge on any atom is 0.229 e. The molecule has 0 radical (unpaired) electrons. The van der Waals surface area contributed by atoms with Crippen LogP contribution < -0.4 is 0 Å². The van der Waals surface area contributed by atoms with Crippen molar-refractivity contribution in [3.8, 4) is 0 Å². The lowest BCUT2D eigenvalue weighted by molar-refractivity contribution is 0.624. The van der Waals surface area contributed by atoms with Crippen molar-refractivity contribution in [2.45, 2.75) is 6.92 Å². The molecule has 0 aliphatic carbocycles. The first-order valence-electron chi connectivity index (χ1n) is 16.3. The summed E-state index contributed by atoms with van der Waals surface area (Å²) in [5.41, 5.74) is 9.61. The molecule has 4 heteroatoms. The molecule has 0 amide bonds. The second kappa shape index (κ2) is 9.11. The van der Waals surface area contributed by atoms with E-state index in [2.05, 4.69) is 120 Å². The minimum atomic E-state index is 0.564. The van der Waals surface area contributed by atoms with E-state index in [0.717, 1.165) is 44.5 Å². The first-order chi connectivity index (χ1) is 23.7. The van der Waals surface area contributed by atoms with E-state index in [1.54, 1.807) is 0 Å². The van der Waals surface area contributed by atoms with Crippen LogP contribution in [0.4, 0.5) is 5.88 Å². The van der Waals surface area contributed by atoms with Gasteiger partial charge in [0.2, 0.25) is 5.88 Å². The van der Waals surface area contributed by atoms with Crippen molar-refractivity contribution in [2.75, 3.05) is 0 Å². The van der Waals surface area contributed by atoms with Crippen molar-refractivity contribution < 1.29 is 4.42 Å². The molecule has 224 valence electrons. The van der Waals surface area contributed by atoms with Crippen LogP contribution in [0.1, 0.15) is 18.1 Å². The third-order valence-corrected chi connectivity index (χ3v) is 10.4. The maximum absolute atomic E-state index is 6.51. The van der Waals surface area contributed by atoms with Gasteiger partial charge in [0.15, 0.2) is 0 Å². The number of aliphatic imine (C=N–C) groups is 1. The molecule has 4 heterocycles. The molecule has 0 atom stereocenters. The van der Waals surface area contributed by atoms with Crippen molar-refractivity contribution >= 4 is 98.9 Å². The highest BCUT2D eigenvalue weighted by atomic mass is 16.3. The summed E-state index contributed by atoms with van der Waals surface area (Å²) in [5, 5.41) is 11.1. The van der Waals surface area contributed by atoms with Gasteiger partial charge in [-0.1, -0.05) is 110 Å². The van der Waals surface area contributed by atoms with E-state index >= 15 is 0 Å². The zero-order valence-corrected chi connectivity index (χ0v) is 26.2. The quantitative estimate of drug-likeness (QED) is 0.144. The highest BCUT2D eigenvalue weighted by Gasteiger charge is 2.25. The third kappa shape index (κ3) is 3.16. The highest BCUT2D eigenvalue weighted by molar-refractivity contribution is 6.38. The van der Waals surface area contributed by atoms with Crippen LogP contribution in [0, 0.1) is 0 Å². The lowest BCUT2D eigenvalue weighted by Crippen LogP contribution is -2.06. The van der Waals surface area contributed by atoms with Gasteiger partial charge in [0.05, 0.1) is 33.1 Å². The smallest absolute Gasteiger partial charge is 0.229 e. The Morgan fingerprint density at radius 2 is 1.23 bits per heavy atom. The fraction of sp³-hybridized carbons (Fsp3) is 0.0227. The fourth-order valence-electron chi connectivity index (χ4n) is 8.38. The average molecular weight is 614 g/mol. The van der Waals surface area contributed by atoms with Crippen LogP contribution in [0.25, 0.3) is 87.2 Å². The number of benzene rings is 7. The molecule has 48 heavy (non-hydrogen) atoms. The number of furan rings is 1. The van der Waals surface area contributed by atoms with Gasteiger partial charge in [0.25, 0.3) is 0 Å². The second-order valence-electron chi connectivity index (χ2n) is 12.8. The van der Waals surface area contributed by atoms with Crippen molar-refractivity contribution in [1.29, 1.82) is 0 Å². The SMILES string of the molecule is C=C(c1ccccc1)c1c(N=C(C)n2c3ccc4cccc5c4c3c3c4c(ccc6c7ccccc7n5c64)ccc32)oc2ccccc12. The minimum absolute atomic E-state index is 0.564. The van der Waals surface area contributed by atoms with E-state index in [4.69, 9.17) is 9.41 Å². The molecule has 0 saturated carbocycles. The summed E-state index contributed by atoms with van der Waals surface area (Å²) in [4.78, 5) is 5.30. The number of nitrogens with zero attached hydrogens (tertiary/aromatic N) is 3. The lowest BCUT2D eigenvalue weighted by Gasteiger charge is -2.11. The van der Waals surface area contributed by atoms with Crippen LogP contribution in [0.15, 0.2) is 149 Å². The van der Waals surface area contributed by atoms with Gasteiger partial charge in [0.1, 0.15) is 11.4 Å². The first-order valence-corrected chi connectivity index (χ1v) is 16.3. The number of fused-ring (bicyclic) bond motifs is 5. The normalized spacial score (nSPS) is 12.9. The molecule has 0 spiro atoms. The van der Waals surface area contributed by atoms with E-state index in [9.17, 15) is 0 Å². The van der Waals surface area contributed by atoms with Crippen molar-refractivity contribution in [3.63, 3.8) is 0 Å². The van der Waals surface area contributed by atoms with Gasteiger partial charge in [-0.15, -0.1) is 0 Å². The van der Waals surface area contributed by atoms with Gasteiger partial charge < -0.3 is 8.82 Å². The van der Waals surface area contributed by atoms with Gasteiger partial charge >= 0.3 is 0 Å². The third-order valence-electron chi connectivity index (χ3n) is 10.4. The molecule has 11 aromatic rings. The second-order valence-corrected chi connectivity index (χ2v) is 12.8. The number of hydrogen-bond acceptors (Lipinski definition) is 2. The highest BCUT2D eigenvalue weighted by Crippen LogP contribution is 2.47. The van der Waals surface area contributed by atoms with Crippen LogP contribution in [-0.2, 0) is 0 Å². The predicted molar refractivity (Wildman–Crippen MR) is 202 cm³/mol. The monoisotopic (exact) mass is 613 g/mol. The van der Waals surface area contributed by atoms with Crippen molar-refractivity contribution in [3.05, 3.63) is 151 Å². The number of rotatable bonds is 3. The zero-order chi connectivity index (χ0) is 31.7.